The number of likely N-dealkylation sites (tertiary alicyclic amines) is 1. The molecule has 0 aromatic carbocycles. The molecule has 0 radical (unpaired) electrons. The summed E-state index contributed by atoms with van der Waals surface area (Å²) in [6.45, 7) is 2.67. The molecule has 17 heavy (non-hydrogen) atoms. The van der Waals surface area contributed by atoms with E-state index in [0.29, 0.717) is 5.75 Å². The number of aromatic nitrogens is 1. The van der Waals surface area contributed by atoms with Gasteiger partial charge in [0, 0.05) is 37.3 Å². The lowest BCUT2D eigenvalue weighted by Gasteiger charge is -2.17. The third-order valence-corrected chi connectivity index (χ3v) is 3.31. The van der Waals surface area contributed by atoms with Crippen LogP contribution in [0.5, 0.6) is 11.5 Å². The standard InChI is InChI=1S/C12H17ClN2O2/c1-16-11-3-5-14-10(12(11)17-2)8-15-6-4-9(13)7-15/h3,5,9H,4,6-8H2,1-2H3. The van der Waals surface area contributed by atoms with Crippen molar-refractivity contribution in [2.24, 2.45) is 0 Å². The summed E-state index contributed by atoms with van der Waals surface area (Å²) in [5.41, 5.74) is 0.901. The summed E-state index contributed by atoms with van der Waals surface area (Å²) in [7, 11) is 3.27. The smallest absolute Gasteiger partial charge is 0.183 e. The molecule has 1 fully saturated rings. The molecule has 4 nitrogen and oxygen atoms in total. The van der Waals surface area contributed by atoms with Gasteiger partial charge in [0.15, 0.2) is 11.5 Å². The number of rotatable bonds is 4. The van der Waals surface area contributed by atoms with Crippen LogP contribution in [-0.4, -0.2) is 42.6 Å². The zero-order valence-corrected chi connectivity index (χ0v) is 10.9. The van der Waals surface area contributed by atoms with E-state index < -0.39 is 0 Å². The number of hydrogen-bond donors (Lipinski definition) is 0. The molecule has 0 aliphatic carbocycles. The molecule has 0 spiro atoms. The average molecular weight is 257 g/mol. The van der Waals surface area contributed by atoms with Gasteiger partial charge in [0.2, 0.25) is 0 Å². The van der Waals surface area contributed by atoms with E-state index in [1.807, 2.05) is 0 Å². The quantitative estimate of drug-likeness (QED) is 0.771. The minimum absolute atomic E-state index is 0.256. The third-order valence-electron chi connectivity index (χ3n) is 2.95. The molecule has 94 valence electrons. The minimum Gasteiger partial charge on any atom is -0.493 e. The molecule has 1 aromatic rings. The lowest BCUT2D eigenvalue weighted by molar-refractivity contribution is 0.306. The van der Waals surface area contributed by atoms with E-state index >= 15 is 0 Å². The largest absolute Gasteiger partial charge is 0.493 e. The second kappa shape index (κ2) is 5.56. The molecule has 1 aliphatic heterocycles. The Bertz CT molecular complexity index is 387. The first-order valence-corrected chi connectivity index (χ1v) is 6.10. The highest BCUT2D eigenvalue weighted by molar-refractivity contribution is 6.20. The van der Waals surface area contributed by atoms with Crippen LogP contribution in [0.3, 0.4) is 0 Å². The number of ether oxygens (including phenoxy) is 2. The zero-order valence-electron chi connectivity index (χ0n) is 10.1. The predicted octanol–water partition coefficient (Wildman–Crippen LogP) is 1.91. The summed E-state index contributed by atoms with van der Waals surface area (Å²) in [4.78, 5) is 6.64. The van der Waals surface area contributed by atoms with E-state index in [-0.39, 0.29) is 5.38 Å². The van der Waals surface area contributed by atoms with Crippen LogP contribution < -0.4 is 9.47 Å². The monoisotopic (exact) mass is 256 g/mol. The lowest BCUT2D eigenvalue weighted by Crippen LogP contribution is -2.21. The molecule has 0 bridgehead atoms. The summed E-state index contributed by atoms with van der Waals surface area (Å²) < 4.78 is 10.6. The number of nitrogens with zero attached hydrogens (tertiary/aromatic N) is 2. The van der Waals surface area contributed by atoms with Crippen molar-refractivity contribution >= 4 is 11.6 Å². The Kier molecular flexibility index (Phi) is 4.07. The van der Waals surface area contributed by atoms with Gasteiger partial charge in [0.05, 0.1) is 14.2 Å². The summed E-state index contributed by atoms with van der Waals surface area (Å²) in [5.74, 6) is 1.44. The van der Waals surface area contributed by atoms with Crippen LogP contribution in [0.15, 0.2) is 12.3 Å². The van der Waals surface area contributed by atoms with E-state index in [0.717, 1.165) is 37.5 Å². The van der Waals surface area contributed by atoms with Crippen molar-refractivity contribution < 1.29 is 9.47 Å². The highest BCUT2D eigenvalue weighted by Crippen LogP contribution is 2.30. The van der Waals surface area contributed by atoms with E-state index in [1.54, 1.807) is 26.5 Å². The van der Waals surface area contributed by atoms with Gasteiger partial charge >= 0.3 is 0 Å². The SMILES string of the molecule is COc1ccnc(CN2CCC(Cl)C2)c1OC. The number of pyridine rings is 1. The van der Waals surface area contributed by atoms with Crippen LogP contribution in [0.1, 0.15) is 12.1 Å². The van der Waals surface area contributed by atoms with Gasteiger partial charge in [0.25, 0.3) is 0 Å². The molecule has 0 saturated carbocycles. The van der Waals surface area contributed by atoms with Gasteiger partial charge in [-0.05, 0) is 6.42 Å². The fourth-order valence-corrected chi connectivity index (χ4v) is 2.40. The van der Waals surface area contributed by atoms with Gasteiger partial charge in [-0.3, -0.25) is 9.88 Å². The lowest BCUT2D eigenvalue weighted by atomic mass is 10.3. The van der Waals surface area contributed by atoms with E-state index in [1.165, 1.54) is 0 Å². The second-order valence-corrected chi connectivity index (χ2v) is 4.73. The molecule has 1 aromatic heterocycles. The summed E-state index contributed by atoms with van der Waals surface area (Å²) in [6.07, 6.45) is 2.78. The fourth-order valence-electron chi connectivity index (χ4n) is 2.10. The van der Waals surface area contributed by atoms with Gasteiger partial charge < -0.3 is 9.47 Å². The molecule has 0 amide bonds. The van der Waals surface area contributed by atoms with Crippen molar-refractivity contribution in [3.8, 4) is 11.5 Å². The van der Waals surface area contributed by atoms with Crippen LogP contribution in [-0.2, 0) is 6.54 Å². The molecule has 5 heteroatoms. The third kappa shape index (κ3) is 2.82. The molecule has 1 atom stereocenters. The van der Waals surface area contributed by atoms with Crippen molar-refractivity contribution in [1.82, 2.24) is 9.88 Å². The van der Waals surface area contributed by atoms with E-state index in [4.69, 9.17) is 21.1 Å². The van der Waals surface area contributed by atoms with Crippen LogP contribution >= 0.6 is 11.6 Å². The van der Waals surface area contributed by atoms with Gasteiger partial charge in [-0.2, -0.15) is 0 Å². The highest BCUT2D eigenvalue weighted by atomic mass is 35.5. The molecular formula is C12H17ClN2O2. The Labute approximate surface area is 106 Å². The van der Waals surface area contributed by atoms with Crippen molar-refractivity contribution in [1.29, 1.82) is 0 Å². The second-order valence-electron chi connectivity index (χ2n) is 4.11. The molecule has 2 rings (SSSR count). The van der Waals surface area contributed by atoms with Crippen molar-refractivity contribution in [3.05, 3.63) is 18.0 Å². The van der Waals surface area contributed by atoms with Gasteiger partial charge in [-0.25, -0.2) is 0 Å². The van der Waals surface area contributed by atoms with Gasteiger partial charge in [0.1, 0.15) is 5.69 Å². The first-order valence-electron chi connectivity index (χ1n) is 5.67. The summed E-state index contributed by atoms with van der Waals surface area (Å²) in [6, 6.07) is 1.80. The molecule has 2 heterocycles. The minimum atomic E-state index is 0.256. The zero-order chi connectivity index (χ0) is 12.3. The van der Waals surface area contributed by atoms with Crippen molar-refractivity contribution in [3.63, 3.8) is 0 Å². The highest BCUT2D eigenvalue weighted by Gasteiger charge is 2.22. The molecule has 1 unspecified atom stereocenters. The number of methoxy groups -OCH3 is 2. The Morgan fingerprint density at radius 1 is 1.47 bits per heavy atom. The summed E-state index contributed by atoms with van der Waals surface area (Å²) >= 11 is 6.09. The predicted molar refractivity (Wildman–Crippen MR) is 66.9 cm³/mol. The van der Waals surface area contributed by atoms with Crippen molar-refractivity contribution in [2.75, 3.05) is 27.3 Å². The molecule has 1 aliphatic rings. The van der Waals surface area contributed by atoms with Crippen LogP contribution in [0.2, 0.25) is 0 Å². The Balaban J connectivity index is 2.14. The van der Waals surface area contributed by atoms with Crippen molar-refractivity contribution in [2.45, 2.75) is 18.3 Å². The maximum absolute atomic E-state index is 6.09. The normalized spacial score (nSPS) is 20.5. The van der Waals surface area contributed by atoms with Gasteiger partial charge in [-0.15, -0.1) is 11.6 Å². The summed E-state index contributed by atoms with van der Waals surface area (Å²) in [5, 5.41) is 0.256. The molecule has 0 N–H and O–H groups in total. The van der Waals surface area contributed by atoms with Crippen LogP contribution in [0.4, 0.5) is 0 Å². The topological polar surface area (TPSA) is 34.6 Å². The Hall–Kier alpha value is -1.00. The Morgan fingerprint density at radius 3 is 2.88 bits per heavy atom. The van der Waals surface area contributed by atoms with E-state index in [2.05, 4.69) is 9.88 Å². The van der Waals surface area contributed by atoms with Crippen LogP contribution in [0.25, 0.3) is 0 Å². The maximum atomic E-state index is 6.09. The maximum Gasteiger partial charge on any atom is 0.183 e. The van der Waals surface area contributed by atoms with Crippen LogP contribution in [0, 0.1) is 0 Å². The van der Waals surface area contributed by atoms with E-state index in [9.17, 15) is 0 Å². The number of alkyl halides is 1. The fraction of sp³-hybridized carbons (Fsp3) is 0.583. The molecular weight excluding hydrogens is 240 g/mol. The van der Waals surface area contributed by atoms with Gasteiger partial charge in [-0.1, -0.05) is 0 Å². The Morgan fingerprint density at radius 2 is 2.29 bits per heavy atom. The molecule has 1 saturated heterocycles. The first kappa shape index (κ1) is 12.5. The average Bonchev–Trinajstić information content (AvgIpc) is 2.74. The number of hydrogen-bond acceptors (Lipinski definition) is 4. The number of halogens is 1. The first-order chi connectivity index (χ1) is 8.24.